The number of nitrogens with zero attached hydrogens (tertiary/aromatic N) is 2. The van der Waals surface area contributed by atoms with Crippen LogP contribution in [0.15, 0.2) is 18.2 Å². The molecule has 1 aromatic rings. The molecule has 0 amide bonds. The van der Waals surface area contributed by atoms with Crippen molar-refractivity contribution in [3.63, 3.8) is 0 Å². The number of nitro groups is 1. The average Bonchev–Trinajstić information content (AvgIpc) is 2.37. The first-order valence-electron chi connectivity index (χ1n) is 7.10. The van der Waals surface area contributed by atoms with Crippen molar-refractivity contribution in [2.45, 2.75) is 39.3 Å². The van der Waals surface area contributed by atoms with Gasteiger partial charge in [0.2, 0.25) is 0 Å². The summed E-state index contributed by atoms with van der Waals surface area (Å²) in [6, 6.07) is 6.00. The first kappa shape index (κ1) is 14.8. The molecule has 0 saturated carbocycles. The van der Waals surface area contributed by atoms with Crippen molar-refractivity contribution in [3.8, 4) is 0 Å². The summed E-state index contributed by atoms with van der Waals surface area (Å²) < 4.78 is 0. The molecule has 2 rings (SSSR count). The molecule has 0 aliphatic carbocycles. The van der Waals surface area contributed by atoms with Crippen molar-refractivity contribution in [1.29, 1.82) is 0 Å². The van der Waals surface area contributed by atoms with Crippen LogP contribution in [0.3, 0.4) is 0 Å². The van der Waals surface area contributed by atoms with Crippen LogP contribution >= 0.6 is 0 Å². The lowest BCUT2D eigenvalue weighted by molar-refractivity contribution is -0.384. The topological polar surface area (TPSA) is 58.4 Å². The number of piperidine rings is 1. The molecular weight excluding hydrogens is 254 g/mol. The summed E-state index contributed by atoms with van der Waals surface area (Å²) in [6.07, 6.45) is 1.09. The standard InChI is InChI=1S/C15H23N3O2/c1-10-7-13(18(19)20)5-6-14(10)16-15-8-12(3)17(4)9-11(15)2/h5-7,11-12,15-16H,8-9H2,1-4H3. The van der Waals surface area contributed by atoms with Gasteiger partial charge in [-0.25, -0.2) is 0 Å². The fourth-order valence-electron chi connectivity index (χ4n) is 2.87. The largest absolute Gasteiger partial charge is 0.382 e. The SMILES string of the molecule is Cc1cc([N+](=O)[O-])ccc1NC1CC(C)N(C)CC1C. The quantitative estimate of drug-likeness (QED) is 0.681. The van der Waals surface area contributed by atoms with Gasteiger partial charge in [-0.1, -0.05) is 6.92 Å². The van der Waals surface area contributed by atoms with Crippen molar-refractivity contribution in [2.24, 2.45) is 5.92 Å². The van der Waals surface area contributed by atoms with E-state index in [1.54, 1.807) is 12.1 Å². The number of likely N-dealkylation sites (tertiary alicyclic amines) is 1. The number of benzene rings is 1. The van der Waals surface area contributed by atoms with E-state index in [1.807, 2.05) is 13.0 Å². The number of hydrogen-bond donors (Lipinski definition) is 1. The van der Waals surface area contributed by atoms with Crippen LogP contribution in [0, 0.1) is 23.0 Å². The van der Waals surface area contributed by atoms with Crippen LogP contribution in [-0.4, -0.2) is 35.5 Å². The maximum atomic E-state index is 10.8. The van der Waals surface area contributed by atoms with Crippen molar-refractivity contribution in [1.82, 2.24) is 4.90 Å². The number of rotatable bonds is 3. The summed E-state index contributed by atoms with van der Waals surface area (Å²) >= 11 is 0. The first-order valence-corrected chi connectivity index (χ1v) is 7.10. The van der Waals surface area contributed by atoms with Gasteiger partial charge in [0.15, 0.2) is 0 Å². The van der Waals surface area contributed by atoms with E-state index in [0.717, 1.165) is 24.2 Å². The van der Waals surface area contributed by atoms with Gasteiger partial charge in [-0.15, -0.1) is 0 Å². The molecule has 5 heteroatoms. The number of nitrogens with one attached hydrogen (secondary N) is 1. The highest BCUT2D eigenvalue weighted by atomic mass is 16.6. The molecule has 1 saturated heterocycles. The van der Waals surface area contributed by atoms with Crippen LogP contribution in [0.5, 0.6) is 0 Å². The molecule has 20 heavy (non-hydrogen) atoms. The summed E-state index contributed by atoms with van der Waals surface area (Å²) in [5.74, 6) is 0.561. The maximum absolute atomic E-state index is 10.8. The summed E-state index contributed by atoms with van der Waals surface area (Å²) in [6.45, 7) is 7.48. The molecule has 5 nitrogen and oxygen atoms in total. The highest BCUT2D eigenvalue weighted by molar-refractivity contribution is 5.56. The Bertz CT molecular complexity index is 504. The Kier molecular flexibility index (Phi) is 4.28. The monoisotopic (exact) mass is 277 g/mol. The van der Waals surface area contributed by atoms with Crippen molar-refractivity contribution >= 4 is 11.4 Å². The molecule has 1 N–H and O–H groups in total. The van der Waals surface area contributed by atoms with Gasteiger partial charge in [-0.2, -0.15) is 0 Å². The Labute approximate surface area is 120 Å². The molecule has 3 atom stereocenters. The molecule has 0 bridgehead atoms. The smallest absolute Gasteiger partial charge is 0.269 e. The van der Waals surface area contributed by atoms with E-state index in [1.165, 1.54) is 0 Å². The molecule has 110 valence electrons. The van der Waals surface area contributed by atoms with Gasteiger partial charge >= 0.3 is 0 Å². The molecule has 1 heterocycles. The first-order chi connectivity index (χ1) is 9.38. The molecule has 0 radical (unpaired) electrons. The van der Waals surface area contributed by atoms with Crippen molar-refractivity contribution in [2.75, 3.05) is 18.9 Å². The third-order valence-corrected chi connectivity index (χ3v) is 4.37. The second-order valence-electron chi connectivity index (χ2n) is 6.01. The van der Waals surface area contributed by atoms with Gasteiger partial charge in [0.1, 0.15) is 0 Å². The van der Waals surface area contributed by atoms with Gasteiger partial charge in [-0.3, -0.25) is 10.1 Å². The highest BCUT2D eigenvalue weighted by Crippen LogP contribution is 2.27. The third-order valence-electron chi connectivity index (χ3n) is 4.37. The van der Waals surface area contributed by atoms with E-state index in [-0.39, 0.29) is 10.6 Å². The molecule has 1 fully saturated rings. The van der Waals surface area contributed by atoms with E-state index in [0.29, 0.717) is 18.0 Å². The minimum atomic E-state index is -0.350. The third kappa shape index (κ3) is 3.10. The van der Waals surface area contributed by atoms with Crippen LogP contribution in [0.2, 0.25) is 0 Å². The second-order valence-corrected chi connectivity index (χ2v) is 6.01. The average molecular weight is 277 g/mol. The van der Waals surface area contributed by atoms with Crippen LogP contribution in [0.4, 0.5) is 11.4 Å². The summed E-state index contributed by atoms with van der Waals surface area (Å²) in [7, 11) is 2.16. The molecule has 1 aliphatic heterocycles. The Morgan fingerprint density at radius 3 is 2.70 bits per heavy atom. The predicted molar refractivity (Wildman–Crippen MR) is 81.1 cm³/mol. The number of hydrogen-bond acceptors (Lipinski definition) is 4. The number of anilines is 1. The molecule has 0 aromatic heterocycles. The van der Waals surface area contributed by atoms with Crippen LogP contribution in [-0.2, 0) is 0 Å². The van der Waals surface area contributed by atoms with E-state index in [2.05, 4.69) is 31.1 Å². The minimum Gasteiger partial charge on any atom is -0.382 e. The second kappa shape index (κ2) is 5.79. The maximum Gasteiger partial charge on any atom is 0.269 e. The fourth-order valence-corrected chi connectivity index (χ4v) is 2.87. The number of aryl methyl sites for hydroxylation is 1. The van der Waals surface area contributed by atoms with Crippen molar-refractivity contribution < 1.29 is 4.92 Å². The highest BCUT2D eigenvalue weighted by Gasteiger charge is 2.29. The van der Waals surface area contributed by atoms with E-state index in [4.69, 9.17) is 0 Å². The lowest BCUT2D eigenvalue weighted by Gasteiger charge is -2.40. The van der Waals surface area contributed by atoms with Crippen LogP contribution in [0.1, 0.15) is 25.8 Å². The van der Waals surface area contributed by atoms with Gasteiger partial charge in [0.05, 0.1) is 4.92 Å². The van der Waals surface area contributed by atoms with Crippen LogP contribution < -0.4 is 5.32 Å². The zero-order valence-electron chi connectivity index (χ0n) is 12.6. The van der Waals surface area contributed by atoms with Crippen LogP contribution in [0.25, 0.3) is 0 Å². The Morgan fingerprint density at radius 1 is 1.40 bits per heavy atom. The van der Waals surface area contributed by atoms with E-state index >= 15 is 0 Å². The van der Waals surface area contributed by atoms with Gasteiger partial charge < -0.3 is 10.2 Å². The molecule has 0 spiro atoms. The zero-order valence-corrected chi connectivity index (χ0v) is 12.6. The lowest BCUT2D eigenvalue weighted by atomic mass is 9.89. The van der Waals surface area contributed by atoms with Gasteiger partial charge in [-0.05, 0) is 44.9 Å². The normalized spacial score (nSPS) is 27.3. The lowest BCUT2D eigenvalue weighted by Crippen LogP contribution is -2.48. The number of nitro benzene ring substituents is 1. The zero-order chi connectivity index (χ0) is 14.9. The summed E-state index contributed by atoms with van der Waals surface area (Å²) in [5.41, 5.74) is 2.08. The minimum absolute atomic E-state index is 0.151. The Hall–Kier alpha value is -1.62. The summed E-state index contributed by atoms with van der Waals surface area (Å²) in [4.78, 5) is 12.8. The van der Waals surface area contributed by atoms with Gasteiger partial charge in [0, 0.05) is 36.4 Å². The van der Waals surface area contributed by atoms with E-state index < -0.39 is 0 Å². The predicted octanol–water partition coefficient (Wildman–Crippen LogP) is 3.04. The van der Waals surface area contributed by atoms with Gasteiger partial charge in [0.25, 0.3) is 5.69 Å². The van der Waals surface area contributed by atoms with Crippen molar-refractivity contribution in [3.05, 3.63) is 33.9 Å². The molecular formula is C15H23N3O2. The summed E-state index contributed by atoms with van der Waals surface area (Å²) in [5, 5.41) is 14.3. The Balaban J connectivity index is 2.12. The number of non-ortho nitro benzene ring substituents is 1. The Morgan fingerprint density at radius 2 is 2.10 bits per heavy atom. The van der Waals surface area contributed by atoms with E-state index in [9.17, 15) is 10.1 Å². The molecule has 3 unspecified atom stereocenters. The molecule has 1 aliphatic rings. The fraction of sp³-hybridized carbons (Fsp3) is 0.600. The molecule has 1 aromatic carbocycles.